The zero-order valence-electron chi connectivity index (χ0n) is 10.4. The molecule has 18 heavy (non-hydrogen) atoms. The van der Waals surface area contributed by atoms with Gasteiger partial charge in [-0.15, -0.1) is 0 Å². The van der Waals surface area contributed by atoms with E-state index in [1.54, 1.807) is 7.11 Å². The Morgan fingerprint density at radius 1 is 1.61 bits per heavy atom. The van der Waals surface area contributed by atoms with Gasteiger partial charge in [0.25, 0.3) is 0 Å². The fourth-order valence-electron chi connectivity index (χ4n) is 2.30. The zero-order valence-corrected chi connectivity index (χ0v) is 10.4. The minimum absolute atomic E-state index is 0.0606. The molecule has 1 aliphatic carbocycles. The summed E-state index contributed by atoms with van der Waals surface area (Å²) in [5.41, 5.74) is 0.730. The van der Waals surface area contributed by atoms with Crippen LogP contribution in [0.15, 0.2) is 10.8 Å². The van der Waals surface area contributed by atoms with Gasteiger partial charge in [-0.05, 0) is 6.42 Å². The highest BCUT2D eigenvalue weighted by Crippen LogP contribution is 2.44. The van der Waals surface area contributed by atoms with Crippen LogP contribution in [0.4, 0.5) is 8.78 Å². The average Bonchev–Trinajstić information content (AvgIpc) is 2.90. The van der Waals surface area contributed by atoms with Crippen molar-refractivity contribution in [2.75, 3.05) is 20.3 Å². The van der Waals surface area contributed by atoms with Gasteiger partial charge in [-0.3, -0.25) is 0 Å². The molecule has 0 amide bonds. The second-order valence-corrected chi connectivity index (χ2v) is 4.63. The van der Waals surface area contributed by atoms with E-state index in [1.807, 2.05) is 0 Å². The van der Waals surface area contributed by atoms with E-state index in [0.717, 1.165) is 5.69 Å². The molecule has 0 radical (unpaired) electrons. The van der Waals surface area contributed by atoms with Gasteiger partial charge in [-0.25, -0.2) is 13.8 Å². The summed E-state index contributed by atoms with van der Waals surface area (Å²) in [6, 6.07) is 0. The van der Waals surface area contributed by atoms with Gasteiger partial charge in [-0.1, -0.05) is 0 Å². The normalized spacial score (nSPS) is 22.5. The van der Waals surface area contributed by atoms with Crippen LogP contribution in [-0.2, 0) is 11.3 Å². The van der Waals surface area contributed by atoms with Crippen LogP contribution in [0.1, 0.15) is 36.6 Å². The smallest absolute Gasteiger partial charge is 0.248 e. The summed E-state index contributed by atoms with van der Waals surface area (Å²) in [5.74, 6) is -2.16. The van der Waals surface area contributed by atoms with Gasteiger partial charge in [0.15, 0.2) is 6.39 Å². The summed E-state index contributed by atoms with van der Waals surface area (Å²) >= 11 is 0. The summed E-state index contributed by atoms with van der Waals surface area (Å²) in [6.45, 7) is 1.83. The van der Waals surface area contributed by atoms with Crippen LogP contribution >= 0.6 is 0 Å². The van der Waals surface area contributed by atoms with Crippen molar-refractivity contribution in [1.82, 2.24) is 10.3 Å². The number of nitrogens with one attached hydrogen (secondary N) is 1. The topological polar surface area (TPSA) is 47.3 Å². The number of halogens is 2. The van der Waals surface area contributed by atoms with Gasteiger partial charge < -0.3 is 14.5 Å². The molecule has 0 bridgehead atoms. The van der Waals surface area contributed by atoms with E-state index in [-0.39, 0.29) is 18.8 Å². The van der Waals surface area contributed by atoms with Crippen LogP contribution in [0.25, 0.3) is 0 Å². The van der Waals surface area contributed by atoms with Crippen molar-refractivity contribution in [1.29, 1.82) is 0 Å². The number of aromatic nitrogens is 1. The van der Waals surface area contributed by atoms with Crippen LogP contribution in [0.3, 0.4) is 0 Å². The van der Waals surface area contributed by atoms with Crippen molar-refractivity contribution in [3.8, 4) is 0 Å². The Morgan fingerprint density at radius 3 is 3.11 bits per heavy atom. The van der Waals surface area contributed by atoms with Crippen LogP contribution < -0.4 is 5.32 Å². The molecule has 1 N–H and O–H groups in total. The molecular weight excluding hydrogens is 242 g/mol. The van der Waals surface area contributed by atoms with Crippen molar-refractivity contribution in [3.05, 3.63) is 17.8 Å². The van der Waals surface area contributed by atoms with Crippen molar-refractivity contribution in [3.63, 3.8) is 0 Å². The summed E-state index contributed by atoms with van der Waals surface area (Å²) in [7, 11) is 1.63. The predicted octanol–water partition coefficient (Wildman–Crippen LogP) is 2.31. The van der Waals surface area contributed by atoms with E-state index in [0.29, 0.717) is 31.9 Å². The maximum absolute atomic E-state index is 13.2. The molecule has 1 saturated carbocycles. The molecular formula is C12H18F2N2O2. The third kappa shape index (κ3) is 3.26. The summed E-state index contributed by atoms with van der Waals surface area (Å²) in [4.78, 5) is 4.09. The molecule has 1 aromatic heterocycles. The minimum atomic E-state index is -2.56. The Hall–Kier alpha value is -1.01. The lowest BCUT2D eigenvalue weighted by atomic mass is 10.0. The second kappa shape index (κ2) is 5.75. The quantitative estimate of drug-likeness (QED) is 0.797. The number of hydrogen-bond donors (Lipinski definition) is 1. The van der Waals surface area contributed by atoms with E-state index in [4.69, 9.17) is 9.15 Å². The molecule has 6 heteroatoms. The maximum atomic E-state index is 13.2. The van der Waals surface area contributed by atoms with E-state index in [2.05, 4.69) is 10.3 Å². The molecule has 2 rings (SSSR count). The third-order valence-electron chi connectivity index (χ3n) is 3.22. The number of nitrogens with zero attached hydrogens (tertiary/aromatic N) is 1. The first kappa shape index (κ1) is 13.4. The van der Waals surface area contributed by atoms with Crippen LogP contribution in [0.5, 0.6) is 0 Å². The van der Waals surface area contributed by atoms with Crippen LogP contribution in [-0.4, -0.2) is 31.2 Å². The van der Waals surface area contributed by atoms with E-state index >= 15 is 0 Å². The Bertz CT molecular complexity index is 382. The SMILES string of the molecule is COCCNCc1ncoc1C1CCC(F)(F)C1. The van der Waals surface area contributed by atoms with E-state index in [1.165, 1.54) is 6.39 Å². The number of ether oxygens (including phenoxy) is 1. The highest BCUT2D eigenvalue weighted by Gasteiger charge is 2.42. The van der Waals surface area contributed by atoms with Gasteiger partial charge in [0, 0.05) is 39.0 Å². The predicted molar refractivity (Wildman–Crippen MR) is 61.6 cm³/mol. The lowest BCUT2D eigenvalue weighted by Gasteiger charge is -2.10. The lowest BCUT2D eigenvalue weighted by Crippen LogP contribution is -2.19. The lowest BCUT2D eigenvalue weighted by molar-refractivity contribution is 0.00717. The number of hydrogen-bond acceptors (Lipinski definition) is 4. The highest BCUT2D eigenvalue weighted by molar-refractivity contribution is 5.15. The van der Waals surface area contributed by atoms with E-state index < -0.39 is 5.92 Å². The number of methoxy groups -OCH3 is 1. The fourth-order valence-corrected chi connectivity index (χ4v) is 2.30. The van der Waals surface area contributed by atoms with Crippen LogP contribution in [0, 0.1) is 0 Å². The highest BCUT2D eigenvalue weighted by atomic mass is 19.3. The fraction of sp³-hybridized carbons (Fsp3) is 0.750. The first-order chi connectivity index (χ1) is 8.62. The van der Waals surface area contributed by atoms with Gasteiger partial charge >= 0.3 is 0 Å². The molecule has 1 aromatic rings. The molecule has 0 aliphatic heterocycles. The average molecular weight is 260 g/mol. The van der Waals surface area contributed by atoms with Crippen molar-refractivity contribution in [2.24, 2.45) is 0 Å². The monoisotopic (exact) mass is 260 g/mol. The molecule has 0 aromatic carbocycles. The molecule has 1 fully saturated rings. The van der Waals surface area contributed by atoms with Crippen molar-refractivity contribution < 1.29 is 17.9 Å². The summed E-state index contributed by atoms with van der Waals surface area (Å²) in [5, 5.41) is 3.14. The molecule has 102 valence electrons. The zero-order chi connectivity index (χ0) is 13.0. The number of oxazole rings is 1. The number of alkyl halides is 2. The Balaban J connectivity index is 1.91. The Kier molecular flexibility index (Phi) is 4.29. The first-order valence-electron chi connectivity index (χ1n) is 6.12. The molecule has 1 heterocycles. The minimum Gasteiger partial charge on any atom is -0.448 e. The van der Waals surface area contributed by atoms with Gasteiger partial charge in [0.05, 0.1) is 12.3 Å². The summed E-state index contributed by atoms with van der Waals surface area (Å²) < 4.78 is 36.5. The maximum Gasteiger partial charge on any atom is 0.248 e. The molecule has 0 spiro atoms. The second-order valence-electron chi connectivity index (χ2n) is 4.63. The van der Waals surface area contributed by atoms with Crippen molar-refractivity contribution in [2.45, 2.75) is 37.6 Å². The molecule has 1 aliphatic rings. The molecule has 1 atom stereocenters. The van der Waals surface area contributed by atoms with Crippen molar-refractivity contribution >= 4 is 0 Å². The molecule has 1 unspecified atom stereocenters. The Morgan fingerprint density at radius 2 is 2.44 bits per heavy atom. The van der Waals surface area contributed by atoms with Gasteiger partial charge in [0.2, 0.25) is 5.92 Å². The molecule has 0 saturated heterocycles. The van der Waals surface area contributed by atoms with Gasteiger partial charge in [0.1, 0.15) is 5.76 Å². The standard InChI is InChI=1S/C12H18F2N2O2/c1-17-5-4-15-7-10-11(18-8-16-10)9-2-3-12(13,14)6-9/h8-9,15H,2-7H2,1H3. The first-order valence-corrected chi connectivity index (χ1v) is 6.12. The third-order valence-corrected chi connectivity index (χ3v) is 3.22. The van der Waals surface area contributed by atoms with E-state index in [9.17, 15) is 8.78 Å². The number of rotatable bonds is 6. The largest absolute Gasteiger partial charge is 0.448 e. The molecule has 4 nitrogen and oxygen atoms in total. The Labute approximate surface area is 105 Å². The summed E-state index contributed by atoms with van der Waals surface area (Å²) in [6.07, 6.45) is 1.61. The van der Waals surface area contributed by atoms with Crippen LogP contribution in [0.2, 0.25) is 0 Å². The van der Waals surface area contributed by atoms with Gasteiger partial charge in [-0.2, -0.15) is 0 Å².